The number of hydrogen-bond donors (Lipinski definition) is 0. The smallest absolute Gasteiger partial charge is 0.141 e. The Morgan fingerprint density at radius 1 is 0.929 bits per heavy atom. The molecule has 2 aromatic carbocycles. The van der Waals surface area contributed by atoms with Crippen LogP contribution >= 0.6 is 11.3 Å². The summed E-state index contributed by atoms with van der Waals surface area (Å²) in [6.07, 6.45) is 1.71. The molecule has 140 valence electrons. The van der Waals surface area contributed by atoms with E-state index in [1.54, 1.807) is 17.7 Å². The predicted octanol–water partition coefficient (Wildman–Crippen LogP) is 4.85. The molecular formula is C23H22N4S. The van der Waals surface area contributed by atoms with Gasteiger partial charge in [0.05, 0.1) is 11.4 Å². The third-order valence-corrected chi connectivity index (χ3v) is 6.50. The fraction of sp³-hybridized carbons (Fsp3) is 0.217. The summed E-state index contributed by atoms with van der Waals surface area (Å²) in [7, 11) is 2.20. The molecule has 28 heavy (non-hydrogen) atoms. The summed E-state index contributed by atoms with van der Waals surface area (Å²) < 4.78 is 0. The van der Waals surface area contributed by atoms with E-state index in [1.165, 1.54) is 16.0 Å². The van der Waals surface area contributed by atoms with Gasteiger partial charge in [-0.2, -0.15) is 0 Å². The van der Waals surface area contributed by atoms with Gasteiger partial charge in [0.2, 0.25) is 0 Å². The molecule has 1 unspecified atom stereocenters. The van der Waals surface area contributed by atoms with E-state index in [-0.39, 0.29) is 6.04 Å². The standard InChI is InChI=1S/C23H22N4S/c1-26-12-13-27(20(15-26)17-8-4-2-5-9-17)22-19-14-21(18-10-6-3-7-11-18)28-23(19)25-16-24-22/h2-11,14,16,20H,12-13,15H2,1H3. The summed E-state index contributed by atoms with van der Waals surface area (Å²) >= 11 is 1.74. The molecule has 0 spiro atoms. The number of thiophene rings is 1. The highest BCUT2D eigenvalue weighted by Gasteiger charge is 2.29. The highest BCUT2D eigenvalue weighted by Crippen LogP contribution is 2.39. The first-order valence-electron chi connectivity index (χ1n) is 9.60. The number of likely N-dealkylation sites (N-methyl/N-ethyl adjacent to an activating group) is 1. The van der Waals surface area contributed by atoms with Gasteiger partial charge >= 0.3 is 0 Å². The molecule has 0 N–H and O–H groups in total. The van der Waals surface area contributed by atoms with Crippen LogP contribution in [0.15, 0.2) is 73.1 Å². The lowest BCUT2D eigenvalue weighted by atomic mass is 10.0. The van der Waals surface area contributed by atoms with Crippen molar-refractivity contribution in [2.45, 2.75) is 6.04 Å². The SMILES string of the molecule is CN1CCN(c2ncnc3sc(-c4ccccc4)cc23)C(c2ccccc2)C1. The number of rotatable bonds is 3. The summed E-state index contributed by atoms with van der Waals surface area (Å²) in [4.78, 5) is 16.5. The average molecular weight is 387 g/mol. The molecule has 4 nitrogen and oxygen atoms in total. The molecule has 1 saturated heterocycles. The lowest BCUT2D eigenvalue weighted by molar-refractivity contribution is 0.268. The topological polar surface area (TPSA) is 32.3 Å². The summed E-state index contributed by atoms with van der Waals surface area (Å²) in [6.45, 7) is 2.98. The maximum absolute atomic E-state index is 4.74. The zero-order chi connectivity index (χ0) is 18.9. The molecule has 5 heteroatoms. The average Bonchev–Trinajstić information content (AvgIpc) is 3.20. The summed E-state index contributed by atoms with van der Waals surface area (Å²) in [6, 6.07) is 23.8. The van der Waals surface area contributed by atoms with E-state index in [0.717, 1.165) is 35.7 Å². The van der Waals surface area contributed by atoms with Crippen LogP contribution in [0, 0.1) is 0 Å². The van der Waals surface area contributed by atoms with Gasteiger partial charge in [-0.05, 0) is 24.2 Å². The van der Waals surface area contributed by atoms with Gasteiger partial charge in [-0.25, -0.2) is 9.97 Å². The molecule has 4 aromatic rings. The van der Waals surface area contributed by atoms with Gasteiger partial charge in [0.15, 0.2) is 0 Å². The molecule has 0 amide bonds. The Balaban J connectivity index is 1.60. The Bertz CT molecular complexity index is 1080. The van der Waals surface area contributed by atoms with E-state index in [0.29, 0.717) is 0 Å². The van der Waals surface area contributed by atoms with Crippen molar-refractivity contribution in [1.82, 2.24) is 14.9 Å². The zero-order valence-corrected chi connectivity index (χ0v) is 16.6. The van der Waals surface area contributed by atoms with Crippen LogP contribution < -0.4 is 4.90 Å². The van der Waals surface area contributed by atoms with E-state index in [9.17, 15) is 0 Å². The molecule has 0 radical (unpaired) electrons. The molecular weight excluding hydrogens is 364 g/mol. The Kier molecular flexibility index (Phi) is 4.55. The van der Waals surface area contributed by atoms with Crippen LogP contribution in [0.4, 0.5) is 5.82 Å². The van der Waals surface area contributed by atoms with Crippen LogP contribution in [0.1, 0.15) is 11.6 Å². The molecule has 0 aliphatic carbocycles. The van der Waals surface area contributed by atoms with Gasteiger partial charge in [0, 0.05) is 24.5 Å². The Morgan fingerprint density at radius 3 is 2.46 bits per heavy atom. The fourth-order valence-corrected chi connectivity index (χ4v) is 4.95. The number of piperazine rings is 1. The number of anilines is 1. The third kappa shape index (κ3) is 3.17. The molecule has 1 aliphatic rings. The highest BCUT2D eigenvalue weighted by atomic mass is 32.1. The minimum Gasteiger partial charge on any atom is -0.346 e. The molecule has 1 atom stereocenters. The van der Waals surface area contributed by atoms with Crippen molar-refractivity contribution >= 4 is 27.4 Å². The third-order valence-electron chi connectivity index (χ3n) is 5.41. The Hall–Kier alpha value is -2.76. The fourth-order valence-electron chi connectivity index (χ4n) is 3.95. The largest absolute Gasteiger partial charge is 0.346 e. The van der Waals surface area contributed by atoms with Crippen molar-refractivity contribution in [1.29, 1.82) is 0 Å². The number of aromatic nitrogens is 2. The first-order valence-corrected chi connectivity index (χ1v) is 10.4. The molecule has 1 fully saturated rings. The van der Waals surface area contributed by atoms with Crippen LogP contribution in [0.25, 0.3) is 20.7 Å². The second-order valence-corrected chi connectivity index (χ2v) is 8.31. The zero-order valence-electron chi connectivity index (χ0n) is 15.8. The first-order chi connectivity index (χ1) is 13.8. The first kappa shape index (κ1) is 17.3. The summed E-state index contributed by atoms with van der Waals surface area (Å²) in [5.41, 5.74) is 2.56. The normalized spacial score (nSPS) is 17.9. The quantitative estimate of drug-likeness (QED) is 0.504. The second-order valence-electron chi connectivity index (χ2n) is 7.27. The van der Waals surface area contributed by atoms with E-state index in [2.05, 4.69) is 88.6 Å². The number of fused-ring (bicyclic) bond motifs is 1. The van der Waals surface area contributed by atoms with Crippen LogP contribution in [0.3, 0.4) is 0 Å². The van der Waals surface area contributed by atoms with Gasteiger partial charge < -0.3 is 9.80 Å². The number of nitrogens with zero attached hydrogens (tertiary/aromatic N) is 4. The molecule has 0 bridgehead atoms. The van der Waals surface area contributed by atoms with Gasteiger partial charge in [-0.1, -0.05) is 60.7 Å². The number of hydrogen-bond acceptors (Lipinski definition) is 5. The lowest BCUT2D eigenvalue weighted by Crippen LogP contribution is -2.47. The second kappa shape index (κ2) is 7.34. The van der Waals surface area contributed by atoms with Crippen LogP contribution in [-0.2, 0) is 0 Å². The number of benzene rings is 2. The Labute approximate surface area is 169 Å². The summed E-state index contributed by atoms with van der Waals surface area (Å²) in [5, 5.41) is 1.15. The Morgan fingerprint density at radius 2 is 1.68 bits per heavy atom. The monoisotopic (exact) mass is 386 g/mol. The van der Waals surface area contributed by atoms with Gasteiger partial charge in [0.1, 0.15) is 17.0 Å². The van der Waals surface area contributed by atoms with Gasteiger partial charge in [-0.15, -0.1) is 11.3 Å². The maximum atomic E-state index is 4.74. The van der Waals surface area contributed by atoms with Crippen molar-refractivity contribution in [3.63, 3.8) is 0 Å². The van der Waals surface area contributed by atoms with E-state index in [4.69, 9.17) is 4.98 Å². The van der Waals surface area contributed by atoms with E-state index < -0.39 is 0 Å². The maximum Gasteiger partial charge on any atom is 0.141 e. The summed E-state index contributed by atoms with van der Waals surface area (Å²) in [5.74, 6) is 1.05. The van der Waals surface area contributed by atoms with Crippen LogP contribution in [0.2, 0.25) is 0 Å². The molecule has 5 rings (SSSR count). The molecule has 3 heterocycles. The van der Waals surface area contributed by atoms with Gasteiger partial charge in [0.25, 0.3) is 0 Å². The van der Waals surface area contributed by atoms with Crippen molar-refractivity contribution in [2.24, 2.45) is 0 Å². The molecule has 1 aliphatic heterocycles. The predicted molar refractivity (Wildman–Crippen MR) is 117 cm³/mol. The van der Waals surface area contributed by atoms with Crippen LogP contribution in [0.5, 0.6) is 0 Å². The van der Waals surface area contributed by atoms with Crippen molar-refractivity contribution < 1.29 is 0 Å². The minimum atomic E-state index is 0.290. The lowest BCUT2D eigenvalue weighted by Gasteiger charge is -2.41. The van der Waals surface area contributed by atoms with Crippen molar-refractivity contribution in [3.05, 3.63) is 78.6 Å². The van der Waals surface area contributed by atoms with Crippen LogP contribution in [-0.4, -0.2) is 41.5 Å². The van der Waals surface area contributed by atoms with Gasteiger partial charge in [-0.3, -0.25) is 0 Å². The highest BCUT2D eigenvalue weighted by molar-refractivity contribution is 7.21. The molecule has 0 saturated carbocycles. The van der Waals surface area contributed by atoms with E-state index in [1.807, 2.05) is 0 Å². The minimum absolute atomic E-state index is 0.290. The molecule has 2 aromatic heterocycles. The van der Waals surface area contributed by atoms with E-state index >= 15 is 0 Å². The van der Waals surface area contributed by atoms with Crippen molar-refractivity contribution in [3.8, 4) is 10.4 Å². The van der Waals surface area contributed by atoms with Crippen molar-refractivity contribution in [2.75, 3.05) is 31.6 Å².